The minimum atomic E-state index is -0.216. The standard InChI is InChI=1S/C37H28N4O4S3/c42-33-22-10-18-6-2-1-5-17(18)9-21(22)15-45-16-27(33)38-28-13-25-30-31(41-48-40-30)26-14-29(47-37(26)36(25)46-28)39-32-34(43)23-11-19-7-3-4-8-20(19)12-24(23)35(32)44/h1-2,5-6,9-10,13-14,19-20,23-24H,3-4,7-8,11-12,15-16H2. The Labute approximate surface area is 286 Å². The van der Waals surface area contributed by atoms with E-state index in [4.69, 9.17) is 14.7 Å². The molecule has 10 rings (SSSR count). The Balaban J connectivity index is 1.04. The number of fused-ring (bicyclic) bond motifs is 10. The molecule has 11 heteroatoms. The number of aromatic nitrogens is 2. The van der Waals surface area contributed by atoms with Crippen LogP contribution in [0.5, 0.6) is 0 Å². The zero-order chi connectivity index (χ0) is 32.1. The molecule has 0 saturated heterocycles. The Morgan fingerprint density at radius 2 is 1.33 bits per heavy atom. The van der Waals surface area contributed by atoms with Gasteiger partial charge in [-0.3, -0.25) is 14.4 Å². The van der Waals surface area contributed by atoms with Crippen LogP contribution in [0.2, 0.25) is 0 Å². The Morgan fingerprint density at radius 1 is 0.729 bits per heavy atom. The van der Waals surface area contributed by atoms with E-state index in [-0.39, 0.29) is 41.5 Å². The first-order valence-corrected chi connectivity index (χ1v) is 18.9. The molecule has 1 aliphatic heterocycles. The summed E-state index contributed by atoms with van der Waals surface area (Å²) in [5.74, 6) is 0.414. The molecule has 8 nitrogen and oxygen atoms in total. The third kappa shape index (κ3) is 4.44. The first-order chi connectivity index (χ1) is 23.5. The van der Waals surface area contributed by atoms with Crippen LogP contribution >= 0.6 is 34.4 Å². The number of rotatable bonds is 2. The van der Waals surface area contributed by atoms with E-state index in [1.165, 1.54) is 48.4 Å². The summed E-state index contributed by atoms with van der Waals surface area (Å²) in [7, 11) is 0. The number of nitrogens with zero attached hydrogens (tertiary/aromatic N) is 4. The summed E-state index contributed by atoms with van der Waals surface area (Å²) in [6.07, 6.45) is 6.45. The molecule has 3 aromatic carbocycles. The van der Waals surface area contributed by atoms with E-state index in [1.54, 1.807) is 0 Å². The van der Waals surface area contributed by atoms with Crippen LogP contribution < -0.4 is 0 Å². The molecular formula is C37H28N4O4S3. The quantitative estimate of drug-likeness (QED) is 0.180. The molecule has 0 radical (unpaired) electrons. The zero-order valence-corrected chi connectivity index (χ0v) is 28.2. The molecule has 0 N–H and O–H groups in total. The van der Waals surface area contributed by atoms with Gasteiger partial charge in [-0.1, -0.05) is 49.9 Å². The van der Waals surface area contributed by atoms with Crippen molar-refractivity contribution >= 4 is 115 Å². The van der Waals surface area contributed by atoms with Crippen molar-refractivity contribution in [1.82, 2.24) is 8.75 Å². The molecule has 3 saturated carbocycles. The first kappa shape index (κ1) is 28.9. The van der Waals surface area contributed by atoms with Crippen LogP contribution in [0, 0.1) is 23.7 Å². The lowest BCUT2D eigenvalue weighted by molar-refractivity contribution is -0.123. The van der Waals surface area contributed by atoms with Crippen molar-refractivity contribution in [3.05, 3.63) is 59.7 Å². The molecule has 4 aliphatic rings. The smallest absolute Gasteiger partial charge is 0.210 e. The number of carbonyl (C=O) groups is 3. The maximum Gasteiger partial charge on any atom is 0.210 e. The van der Waals surface area contributed by atoms with Crippen LogP contribution in [0.3, 0.4) is 0 Å². The second-order valence-electron chi connectivity index (χ2n) is 13.5. The van der Waals surface area contributed by atoms with Crippen LogP contribution in [0.25, 0.3) is 42.0 Å². The van der Waals surface area contributed by atoms with Gasteiger partial charge in [0.2, 0.25) is 5.78 Å². The number of hydrogen-bond donors (Lipinski definition) is 0. The van der Waals surface area contributed by atoms with Crippen molar-refractivity contribution in [3.63, 3.8) is 0 Å². The van der Waals surface area contributed by atoms with Crippen LogP contribution in [-0.4, -0.2) is 44.1 Å². The third-order valence-electron chi connectivity index (χ3n) is 10.9. The van der Waals surface area contributed by atoms with E-state index in [1.807, 2.05) is 48.5 Å². The molecule has 3 aromatic heterocycles. The van der Waals surface area contributed by atoms with E-state index in [0.29, 0.717) is 39.7 Å². The van der Waals surface area contributed by atoms with E-state index in [9.17, 15) is 14.4 Å². The molecule has 4 heterocycles. The molecule has 48 heavy (non-hydrogen) atoms. The third-order valence-corrected chi connectivity index (χ3v) is 13.6. The molecule has 3 aliphatic carbocycles. The van der Waals surface area contributed by atoms with Gasteiger partial charge in [0.15, 0.2) is 17.3 Å². The number of carbonyl (C=O) groups excluding carboxylic acids is 3. The number of thiophene rings is 2. The van der Waals surface area contributed by atoms with Crippen LogP contribution in [0.4, 0.5) is 10.0 Å². The second kappa shape index (κ2) is 11.0. The topological polar surface area (TPSA) is 111 Å². The summed E-state index contributed by atoms with van der Waals surface area (Å²) in [5.41, 5.74) is 3.50. The van der Waals surface area contributed by atoms with E-state index >= 15 is 0 Å². The number of ketones is 3. The van der Waals surface area contributed by atoms with E-state index < -0.39 is 0 Å². The minimum Gasteiger partial charge on any atom is -0.370 e. The van der Waals surface area contributed by atoms with Gasteiger partial charge < -0.3 is 4.74 Å². The maximum atomic E-state index is 13.8. The number of benzene rings is 3. The van der Waals surface area contributed by atoms with Gasteiger partial charge in [0, 0.05) is 28.2 Å². The largest absolute Gasteiger partial charge is 0.370 e. The normalized spacial score (nSPS) is 25.3. The highest BCUT2D eigenvalue weighted by atomic mass is 32.1. The van der Waals surface area contributed by atoms with Crippen molar-refractivity contribution in [2.24, 2.45) is 33.7 Å². The van der Waals surface area contributed by atoms with Crippen molar-refractivity contribution in [2.75, 3.05) is 6.61 Å². The molecule has 0 amide bonds. The molecule has 0 bridgehead atoms. The van der Waals surface area contributed by atoms with Crippen molar-refractivity contribution in [1.29, 1.82) is 0 Å². The molecule has 238 valence electrons. The lowest BCUT2D eigenvalue weighted by Crippen LogP contribution is -2.35. The molecule has 3 fully saturated rings. The second-order valence-corrected chi connectivity index (χ2v) is 16.1. The van der Waals surface area contributed by atoms with Crippen LogP contribution in [-0.2, 0) is 20.9 Å². The van der Waals surface area contributed by atoms with Gasteiger partial charge in [-0.05, 0) is 65.3 Å². The summed E-state index contributed by atoms with van der Waals surface area (Å²) < 4.78 is 17.1. The van der Waals surface area contributed by atoms with Gasteiger partial charge in [0.05, 0.1) is 34.3 Å². The lowest BCUT2D eigenvalue weighted by Gasteiger charge is -2.39. The lowest BCUT2D eigenvalue weighted by atomic mass is 9.64. The van der Waals surface area contributed by atoms with Crippen molar-refractivity contribution < 1.29 is 19.1 Å². The highest BCUT2D eigenvalue weighted by Gasteiger charge is 2.52. The Kier molecular flexibility index (Phi) is 6.63. The average molecular weight is 689 g/mol. The predicted octanol–water partition coefficient (Wildman–Crippen LogP) is 8.82. The zero-order valence-electron chi connectivity index (χ0n) is 25.7. The van der Waals surface area contributed by atoms with Gasteiger partial charge in [0.1, 0.15) is 26.7 Å². The molecule has 0 spiro atoms. The molecule has 6 aromatic rings. The number of ether oxygens (including phenoxy) is 1. The minimum absolute atomic E-state index is 0.0730. The van der Waals surface area contributed by atoms with Gasteiger partial charge in [-0.2, -0.15) is 8.75 Å². The summed E-state index contributed by atoms with van der Waals surface area (Å²) in [4.78, 5) is 50.6. The summed E-state index contributed by atoms with van der Waals surface area (Å²) >= 11 is 4.09. The molecular weight excluding hydrogens is 661 g/mol. The van der Waals surface area contributed by atoms with Gasteiger partial charge in [-0.15, -0.1) is 22.7 Å². The van der Waals surface area contributed by atoms with E-state index in [0.717, 1.165) is 72.1 Å². The predicted molar refractivity (Wildman–Crippen MR) is 192 cm³/mol. The van der Waals surface area contributed by atoms with Gasteiger partial charge in [0.25, 0.3) is 0 Å². The average Bonchev–Trinajstić information content (AvgIpc) is 3.88. The number of aliphatic imine (C=N–C) groups is 2. The van der Waals surface area contributed by atoms with E-state index in [2.05, 4.69) is 8.75 Å². The monoisotopic (exact) mass is 688 g/mol. The van der Waals surface area contributed by atoms with Crippen molar-refractivity contribution in [2.45, 2.75) is 45.1 Å². The fourth-order valence-electron chi connectivity index (χ4n) is 8.57. The summed E-state index contributed by atoms with van der Waals surface area (Å²) in [6, 6.07) is 15.9. The number of hydrogen-bond acceptors (Lipinski definition) is 11. The fraction of sp³-hybridized carbons (Fsp3) is 0.324. The molecule has 4 atom stereocenters. The summed E-state index contributed by atoms with van der Waals surface area (Å²) in [5, 5.41) is 5.18. The molecule has 4 unspecified atom stereocenters. The Bertz CT molecular complexity index is 2420. The number of Topliss-reactive ketones (excluding diaryl/α,β-unsaturated/α-hetero) is 3. The highest BCUT2D eigenvalue weighted by molar-refractivity contribution is 7.30. The Hall–Kier alpha value is -4.03. The van der Waals surface area contributed by atoms with Gasteiger partial charge in [-0.25, -0.2) is 9.98 Å². The van der Waals surface area contributed by atoms with Gasteiger partial charge >= 0.3 is 0 Å². The Morgan fingerprint density at radius 3 is 1.98 bits per heavy atom. The summed E-state index contributed by atoms with van der Waals surface area (Å²) in [6.45, 7) is 0.463. The fourth-order valence-corrected chi connectivity index (χ4v) is 11.4. The maximum absolute atomic E-state index is 13.8. The van der Waals surface area contributed by atoms with Crippen LogP contribution in [0.1, 0.15) is 54.4 Å². The van der Waals surface area contributed by atoms with Crippen LogP contribution in [0.15, 0.2) is 58.5 Å². The SMILES string of the molecule is O=C1C(=Nc2cc3c4nsnc4c4cc(N=C5C(=O)C6CC7CCCCC7CC6C5=O)sc4c3s2)COCc2cc3ccccc3cc21. The first-order valence-electron chi connectivity index (χ1n) is 16.5. The van der Waals surface area contributed by atoms with Crippen molar-refractivity contribution in [3.8, 4) is 0 Å². The highest BCUT2D eigenvalue weighted by Crippen LogP contribution is 2.50.